The number of hydrogen-bond donors (Lipinski definition) is 0. The predicted octanol–water partition coefficient (Wildman–Crippen LogP) is 2.79. The molecule has 0 N–H and O–H groups in total. The van der Waals surface area contributed by atoms with E-state index in [0.717, 1.165) is 27.9 Å². The Morgan fingerprint density at radius 3 is 2.39 bits per heavy atom. The first kappa shape index (κ1) is 18.0. The van der Waals surface area contributed by atoms with E-state index < -0.39 is 18.3 Å². The summed E-state index contributed by atoms with van der Waals surface area (Å²) in [5.41, 5.74) is 2.64. The first-order valence-electron chi connectivity index (χ1n) is 7.99. The van der Waals surface area contributed by atoms with E-state index in [9.17, 15) is 13.2 Å². The number of amides is 1. The third-order valence-electron chi connectivity index (χ3n) is 4.12. The van der Waals surface area contributed by atoms with Gasteiger partial charge in [0.15, 0.2) is 0 Å². The number of hydrogen-bond acceptors (Lipinski definition) is 3. The molecule has 128 valence electrons. The predicted molar refractivity (Wildman–Crippen MR) is 96.7 cm³/mol. The summed E-state index contributed by atoms with van der Waals surface area (Å²) in [4.78, 5) is 12.2. The second kappa shape index (κ2) is 6.28. The molecule has 1 aromatic rings. The van der Waals surface area contributed by atoms with Gasteiger partial charge in [-0.2, -0.15) is 8.42 Å². The molecule has 1 amide bonds. The summed E-state index contributed by atoms with van der Waals surface area (Å²) >= 11 is 0. The van der Waals surface area contributed by atoms with Crippen LogP contribution in [0.5, 0.6) is 0 Å². The lowest BCUT2D eigenvalue weighted by atomic mass is 10.1. The Bertz CT molecular complexity index is 711. The second-order valence-corrected chi connectivity index (χ2v) is 14.7. The van der Waals surface area contributed by atoms with Crippen LogP contribution in [0.15, 0.2) is 18.2 Å². The summed E-state index contributed by atoms with van der Waals surface area (Å²) in [5.74, 6) is -0.331. The topological polar surface area (TPSA) is 57.7 Å². The van der Waals surface area contributed by atoms with Crippen molar-refractivity contribution < 1.29 is 13.2 Å². The number of rotatable bonds is 5. The maximum absolute atomic E-state index is 12.8. The van der Waals surface area contributed by atoms with Crippen molar-refractivity contribution in [3.63, 3.8) is 0 Å². The van der Waals surface area contributed by atoms with Crippen molar-refractivity contribution >= 4 is 29.9 Å². The summed E-state index contributed by atoms with van der Waals surface area (Å²) in [6, 6.07) is 6.49. The Morgan fingerprint density at radius 1 is 1.22 bits per heavy atom. The van der Waals surface area contributed by atoms with E-state index in [1.165, 1.54) is 4.31 Å². The van der Waals surface area contributed by atoms with Crippen LogP contribution in [-0.4, -0.2) is 39.8 Å². The molecule has 1 heterocycles. The van der Waals surface area contributed by atoms with Gasteiger partial charge < -0.3 is 0 Å². The van der Waals surface area contributed by atoms with Crippen LogP contribution >= 0.6 is 0 Å². The molecular formula is C16H26N2O3SSi. The van der Waals surface area contributed by atoms with E-state index in [0.29, 0.717) is 12.2 Å². The Balaban J connectivity index is 2.31. The van der Waals surface area contributed by atoms with Gasteiger partial charge in [-0.3, -0.25) is 4.79 Å². The highest BCUT2D eigenvalue weighted by molar-refractivity contribution is 7.91. The van der Waals surface area contributed by atoms with Crippen molar-refractivity contribution in [3.8, 4) is 0 Å². The number of carbonyl (C=O) groups excluding carboxylic acids is 1. The summed E-state index contributed by atoms with van der Waals surface area (Å²) in [6.07, 6.45) is 0.898. The summed E-state index contributed by atoms with van der Waals surface area (Å²) < 4.78 is 27.8. The largest absolute Gasteiger partial charge is 0.329 e. The molecule has 7 heteroatoms. The fourth-order valence-corrected chi connectivity index (χ4v) is 5.29. The van der Waals surface area contributed by atoms with E-state index in [2.05, 4.69) is 26.6 Å². The van der Waals surface area contributed by atoms with Crippen LogP contribution in [0.4, 0.5) is 5.69 Å². The average molecular weight is 355 g/mol. The van der Waals surface area contributed by atoms with E-state index in [4.69, 9.17) is 0 Å². The van der Waals surface area contributed by atoms with Crippen LogP contribution in [0.3, 0.4) is 0 Å². The van der Waals surface area contributed by atoms with E-state index in [1.807, 2.05) is 19.1 Å². The third kappa shape index (κ3) is 3.77. The maximum Gasteiger partial charge on any atom is 0.329 e. The lowest BCUT2D eigenvalue weighted by Crippen LogP contribution is -2.37. The molecule has 23 heavy (non-hydrogen) atoms. The third-order valence-corrected chi connectivity index (χ3v) is 7.67. The van der Waals surface area contributed by atoms with Gasteiger partial charge in [-0.1, -0.05) is 38.7 Å². The molecule has 0 radical (unpaired) electrons. The lowest BCUT2D eigenvalue weighted by molar-refractivity contribution is -0.123. The molecular weight excluding hydrogens is 328 g/mol. The molecule has 5 nitrogen and oxygen atoms in total. The van der Waals surface area contributed by atoms with Crippen molar-refractivity contribution in [1.29, 1.82) is 0 Å². The minimum Gasteiger partial charge on any atom is -0.272 e. The number of anilines is 1. The van der Waals surface area contributed by atoms with Crippen LogP contribution in [-0.2, 0) is 21.4 Å². The zero-order valence-electron chi connectivity index (χ0n) is 14.6. The number of aryl methyl sites for hydroxylation is 2. The highest BCUT2D eigenvalue weighted by Crippen LogP contribution is 2.30. The molecule has 2 rings (SSSR count). The van der Waals surface area contributed by atoms with Gasteiger partial charge in [0.2, 0.25) is 0 Å². The molecule has 1 aliphatic heterocycles. The molecule has 0 aliphatic carbocycles. The van der Waals surface area contributed by atoms with Gasteiger partial charge in [0.05, 0.1) is 5.69 Å². The van der Waals surface area contributed by atoms with Crippen molar-refractivity contribution in [2.75, 3.05) is 17.4 Å². The highest BCUT2D eigenvalue weighted by Gasteiger charge is 2.43. The van der Waals surface area contributed by atoms with Crippen LogP contribution in [0.25, 0.3) is 0 Å². The van der Waals surface area contributed by atoms with Crippen molar-refractivity contribution in [2.45, 2.75) is 46.0 Å². The molecule has 1 fully saturated rings. The van der Waals surface area contributed by atoms with Gasteiger partial charge in [-0.15, -0.1) is 0 Å². The van der Waals surface area contributed by atoms with Gasteiger partial charge in [-0.05, 0) is 36.6 Å². The standard InChI is InChI=1S/C16H26N2O3SSi/c1-6-14-7-8-15(13(2)11-14)18-12-16(19)17(22(18,20)21)9-10-23(3,4)5/h7-8,11H,6,9-10,12H2,1-5H3. The van der Waals surface area contributed by atoms with Crippen LogP contribution in [0, 0.1) is 6.92 Å². The van der Waals surface area contributed by atoms with Gasteiger partial charge in [0.1, 0.15) is 6.54 Å². The van der Waals surface area contributed by atoms with Crippen LogP contribution in [0.1, 0.15) is 18.1 Å². The summed E-state index contributed by atoms with van der Waals surface area (Å²) in [5, 5.41) is 0. The molecule has 1 aliphatic rings. The number of carbonyl (C=O) groups is 1. The first-order valence-corrected chi connectivity index (χ1v) is 13.1. The van der Waals surface area contributed by atoms with Gasteiger partial charge in [0.25, 0.3) is 5.91 Å². The molecule has 0 bridgehead atoms. The number of benzene rings is 1. The monoisotopic (exact) mass is 354 g/mol. The Kier molecular flexibility index (Phi) is 4.91. The molecule has 1 saturated heterocycles. The fraction of sp³-hybridized carbons (Fsp3) is 0.562. The minimum atomic E-state index is -3.76. The minimum absolute atomic E-state index is 0.0969. The fourth-order valence-electron chi connectivity index (χ4n) is 2.63. The van der Waals surface area contributed by atoms with Crippen molar-refractivity contribution in [3.05, 3.63) is 29.3 Å². The molecule has 0 unspecified atom stereocenters. The Labute approximate surface area is 140 Å². The SMILES string of the molecule is CCc1ccc(N2CC(=O)N(CC[Si](C)(C)C)S2(=O)=O)c(C)c1. The van der Waals surface area contributed by atoms with Gasteiger partial charge in [0, 0.05) is 14.6 Å². The molecule has 0 aromatic heterocycles. The maximum atomic E-state index is 12.8. The van der Waals surface area contributed by atoms with Crippen molar-refractivity contribution in [1.82, 2.24) is 4.31 Å². The molecule has 0 spiro atoms. The zero-order chi connectivity index (χ0) is 17.4. The van der Waals surface area contributed by atoms with E-state index in [1.54, 1.807) is 6.07 Å². The quantitative estimate of drug-likeness (QED) is 0.764. The Hall–Kier alpha value is -1.34. The molecule has 0 atom stereocenters. The molecule has 0 saturated carbocycles. The lowest BCUT2D eigenvalue weighted by Gasteiger charge is -2.23. The Morgan fingerprint density at radius 2 is 1.87 bits per heavy atom. The first-order chi connectivity index (χ1) is 10.6. The van der Waals surface area contributed by atoms with Crippen molar-refractivity contribution in [2.24, 2.45) is 0 Å². The van der Waals surface area contributed by atoms with Crippen LogP contribution < -0.4 is 4.31 Å². The van der Waals surface area contributed by atoms with Gasteiger partial charge >= 0.3 is 10.2 Å². The average Bonchev–Trinajstić information content (AvgIpc) is 2.65. The van der Waals surface area contributed by atoms with E-state index >= 15 is 0 Å². The normalized spacial score (nSPS) is 17.9. The number of nitrogens with zero attached hydrogens (tertiary/aromatic N) is 2. The van der Waals surface area contributed by atoms with E-state index in [-0.39, 0.29) is 12.5 Å². The van der Waals surface area contributed by atoms with Gasteiger partial charge in [-0.25, -0.2) is 8.61 Å². The highest BCUT2D eigenvalue weighted by atomic mass is 32.2. The second-order valence-electron chi connectivity index (χ2n) is 7.27. The smallest absolute Gasteiger partial charge is 0.272 e. The summed E-state index contributed by atoms with van der Waals surface area (Å²) in [7, 11) is -5.17. The van der Waals surface area contributed by atoms with Crippen LogP contribution in [0.2, 0.25) is 25.7 Å². The zero-order valence-corrected chi connectivity index (χ0v) is 16.4. The summed E-state index contributed by atoms with van der Waals surface area (Å²) in [6.45, 7) is 10.7. The molecule has 1 aromatic carbocycles.